The first-order valence-corrected chi connectivity index (χ1v) is 8.19. The van der Waals surface area contributed by atoms with Gasteiger partial charge >= 0.3 is 0 Å². The Morgan fingerprint density at radius 3 is 2.42 bits per heavy atom. The van der Waals surface area contributed by atoms with Gasteiger partial charge in [0.15, 0.2) is 6.61 Å². The highest BCUT2D eigenvalue weighted by molar-refractivity contribution is 9.10. The first-order chi connectivity index (χ1) is 11.4. The van der Waals surface area contributed by atoms with Crippen LogP contribution < -0.4 is 15.0 Å². The molecule has 0 bridgehead atoms. The molecular formula is C18H19BrN2O3. The van der Waals surface area contributed by atoms with E-state index < -0.39 is 0 Å². The van der Waals surface area contributed by atoms with Crippen LogP contribution in [0.4, 0.5) is 11.4 Å². The van der Waals surface area contributed by atoms with Gasteiger partial charge in [-0.1, -0.05) is 6.07 Å². The first kappa shape index (κ1) is 18.0. The highest BCUT2D eigenvalue weighted by Crippen LogP contribution is 2.25. The van der Waals surface area contributed by atoms with Gasteiger partial charge in [-0.3, -0.25) is 9.59 Å². The van der Waals surface area contributed by atoms with E-state index in [1.807, 2.05) is 25.1 Å². The maximum atomic E-state index is 12.0. The van der Waals surface area contributed by atoms with Gasteiger partial charge < -0.3 is 15.0 Å². The molecule has 5 nitrogen and oxygen atoms in total. The number of anilines is 2. The van der Waals surface area contributed by atoms with Crippen LogP contribution in [0.25, 0.3) is 0 Å². The average Bonchev–Trinajstić information content (AvgIpc) is 2.54. The third-order valence-corrected chi connectivity index (χ3v) is 4.08. The number of rotatable bonds is 5. The second-order valence-electron chi connectivity index (χ2n) is 5.40. The zero-order chi connectivity index (χ0) is 17.7. The molecule has 2 amide bonds. The Kier molecular flexibility index (Phi) is 5.98. The van der Waals surface area contributed by atoms with E-state index in [0.717, 1.165) is 15.7 Å². The van der Waals surface area contributed by atoms with Crippen molar-refractivity contribution < 1.29 is 14.3 Å². The molecule has 0 radical (unpaired) electrons. The Morgan fingerprint density at radius 2 is 1.83 bits per heavy atom. The molecule has 0 fully saturated rings. The van der Waals surface area contributed by atoms with Crippen molar-refractivity contribution in [3.8, 4) is 5.75 Å². The van der Waals surface area contributed by atoms with Crippen molar-refractivity contribution in [1.82, 2.24) is 0 Å². The fourth-order valence-corrected chi connectivity index (χ4v) is 2.62. The van der Waals surface area contributed by atoms with Crippen LogP contribution in [0.2, 0.25) is 0 Å². The lowest BCUT2D eigenvalue weighted by molar-refractivity contribution is -0.118. The molecule has 0 spiro atoms. The highest BCUT2D eigenvalue weighted by Gasteiger charge is 2.08. The van der Waals surface area contributed by atoms with Crippen molar-refractivity contribution >= 4 is 39.1 Å². The molecule has 24 heavy (non-hydrogen) atoms. The Hall–Kier alpha value is -2.34. The van der Waals surface area contributed by atoms with E-state index in [1.54, 1.807) is 31.3 Å². The van der Waals surface area contributed by atoms with Gasteiger partial charge in [-0.15, -0.1) is 0 Å². The molecule has 6 heteroatoms. The standard InChI is InChI=1S/C18H19BrN2O3/c1-12-4-9-17(16(19)10-12)24-11-18(23)20-14-5-7-15(8-6-14)21(3)13(2)22/h4-10H,11H2,1-3H3,(H,20,23). The summed E-state index contributed by atoms with van der Waals surface area (Å²) in [6, 6.07) is 12.7. The van der Waals surface area contributed by atoms with Crippen molar-refractivity contribution in [3.05, 3.63) is 52.5 Å². The number of carbonyl (C=O) groups excluding carboxylic acids is 2. The molecule has 0 aliphatic rings. The van der Waals surface area contributed by atoms with Crippen LogP contribution in [0.15, 0.2) is 46.9 Å². The van der Waals surface area contributed by atoms with E-state index in [1.165, 1.54) is 11.8 Å². The lowest BCUT2D eigenvalue weighted by atomic mass is 10.2. The molecule has 0 aliphatic heterocycles. The molecule has 2 rings (SSSR count). The van der Waals surface area contributed by atoms with E-state index in [0.29, 0.717) is 11.4 Å². The van der Waals surface area contributed by atoms with Gasteiger partial charge in [0.05, 0.1) is 4.47 Å². The molecule has 1 N–H and O–H groups in total. The predicted octanol–water partition coefficient (Wildman–Crippen LogP) is 3.76. The summed E-state index contributed by atoms with van der Waals surface area (Å²) in [5.74, 6) is 0.313. The van der Waals surface area contributed by atoms with Gasteiger partial charge in [-0.25, -0.2) is 0 Å². The Morgan fingerprint density at radius 1 is 1.17 bits per heavy atom. The molecule has 0 atom stereocenters. The molecular weight excluding hydrogens is 372 g/mol. The number of nitrogens with one attached hydrogen (secondary N) is 1. The van der Waals surface area contributed by atoms with Gasteiger partial charge in [-0.05, 0) is 64.8 Å². The number of benzene rings is 2. The number of nitrogens with zero attached hydrogens (tertiary/aromatic N) is 1. The van der Waals surface area contributed by atoms with Crippen LogP contribution >= 0.6 is 15.9 Å². The summed E-state index contributed by atoms with van der Waals surface area (Å²) in [7, 11) is 1.70. The van der Waals surface area contributed by atoms with E-state index in [-0.39, 0.29) is 18.4 Å². The second-order valence-corrected chi connectivity index (χ2v) is 6.25. The number of aryl methyl sites for hydroxylation is 1. The smallest absolute Gasteiger partial charge is 0.262 e. The highest BCUT2D eigenvalue weighted by atomic mass is 79.9. The summed E-state index contributed by atoms with van der Waals surface area (Å²) < 4.78 is 6.32. The molecule has 0 aliphatic carbocycles. The van der Waals surface area contributed by atoms with Gasteiger partial charge in [0.2, 0.25) is 5.91 Å². The Labute approximate surface area is 149 Å². The lowest BCUT2D eigenvalue weighted by Gasteiger charge is -2.15. The van der Waals surface area contributed by atoms with Crippen molar-refractivity contribution in [3.63, 3.8) is 0 Å². The molecule has 2 aromatic rings. The van der Waals surface area contributed by atoms with Crippen LogP contribution in [-0.2, 0) is 9.59 Å². The summed E-state index contributed by atoms with van der Waals surface area (Å²) in [5.41, 5.74) is 2.52. The number of ether oxygens (including phenoxy) is 1. The van der Waals surface area contributed by atoms with Crippen LogP contribution in [0, 0.1) is 6.92 Å². The number of carbonyl (C=O) groups is 2. The van der Waals surface area contributed by atoms with Gasteiger partial charge in [0.1, 0.15) is 5.75 Å². The maximum absolute atomic E-state index is 12.0. The SMILES string of the molecule is CC(=O)N(C)c1ccc(NC(=O)COc2ccc(C)cc2Br)cc1. The number of halogens is 1. The maximum Gasteiger partial charge on any atom is 0.262 e. The normalized spacial score (nSPS) is 10.2. The minimum Gasteiger partial charge on any atom is -0.483 e. The van der Waals surface area contributed by atoms with Crippen LogP contribution in [0.3, 0.4) is 0 Å². The van der Waals surface area contributed by atoms with Crippen molar-refractivity contribution in [2.75, 3.05) is 23.9 Å². The largest absolute Gasteiger partial charge is 0.483 e. The summed E-state index contributed by atoms with van der Waals surface area (Å²) in [4.78, 5) is 24.8. The van der Waals surface area contributed by atoms with Gasteiger partial charge in [0.25, 0.3) is 5.91 Å². The van der Waals surface area contributed by atoms with E-state index in [9.17, 15) is 9.59 Å². The minimum absolute atomic E-state index is 0.0520. The van der Waals surface area contributed by atoms with E-state index in [2.05, 4.69) is 21.2 Å². The molecule has 0 unspecified atom stereocenters. The van der Waals surface area contributed by atoms with Crippen LogP contribution in [0.5, 0.6) is 5.75 Å². The second kappa shape index (κ2) is 7.97. The third kappa shape index (κ3) is 4.83. The minimum atomic E-state index is -0.254. The molecule has 0 heterocycles. The third-order valence-electron chi connectivity index (χ3n) is 3.46. The molecule has 0 aromatic heterocycles. The van der Waals surface area contributed by atoms with Gasteiger partial charge in [0, 0.05) is 25.3 Å². The predicted molar refractivity (Wildman–Crippen MR) is 98.5 cm³/mol. The Bertz CT molecular complexity index is 744. The number of amides is 2. The fraction of sp³-hybridized carbons (Fsp3) is 0.222. The summed E-state index contributed by atoms with van der Waals surface area (Å²) in [5, 5.41) is 2.76. The van der Waals surface area contributed by atoms with Crippen molar-refractivity contribution in [2.45, 2.75) is 13.8 Å². The Balaban J connectivity index is 1.91. The van der Waals surface area contributed by atoms with E-state index >= 15 is 0 Å². The van der Waals surface area contributed by atoms with Crippen LogP contribution in [-0.4, -0.2) is 25.5 Å². The van der Waals surface area contributed by atoms with Crippen LogP contribution in [0.1, 0.15) is 12.5 Å². The number of hydrogen-bond donors (Lipinski definition) is 1. The fourth-order valence-electron chi connectivity index (χ4n) is 2.01. The molecule has 0 saturated carbocycles. The lowest BCUT2D eigenvalue weighted by Crippen LogP contribution is -2.23. The zero-order valence-corrected chi connectivity index (χ0v) is 15.4. The topological polar surface area (TPSA) is 58.6 Å². The van der Waals surface area contributed by atoms with Crippen molar-refractivity contribution in [2.24, 2.45) is 0 Å². The summed E-state index contributed by atoms with van der Waals surface area (Å²) in [6.45, 7) is 3.39. The van der Waals surface area contributed by atoms with Gasteiger partial charge in [-0.2, -0.15) is 0 Å². The zero-order valence-electron chi connectivity index (χ0n) is 13.8. The molecule has 126 valence electrons. The van der Waals surface area contributed by atoms with E-state index in [4.69, 9.17) is 4.74 Å². The monoisotopic (exact) mass is 390 g/mol. The van der Waals surface area contributed by atoms with Crippen molar-refractivity contribution in [1.29, 1.82) is 0 Å². The average molecular weight is 391 g/mol. The summed E-state index contributed by atoms with van der Waals surface area (Å²) >= 11 is 3.41. The molecule has 2 aromatic carbocycles. The number of hydrogen-bond acceptors (Lipinski definition) is 3. The summed E-state index contributed by atoms with van der Waals surface area (Å²) in [6.07, 6.45) is 0. The first-order valence-electron chi connectivity index (χ1n) is 7.40. The quantitative estimate of drug-likeness (QED) is 0.845. The molecule has 0 saturated heterocycles.